The van der Waals surface area contributed by atoms with E-state index < -0.39 is 0 Å². The van der Waals surface area contributed by atoms with Crippen LogP contribution < -0.4 is 9.47 Å². The van der Waals surface area contributed by atoms with Gasteiger partial charge >= 0.3 is 0 Å². The van der Waals surface area contributed by atoms with Gasteiger partial charge in [0.1, 0.15) is 9.21 Å². The fourth-order valence-electron chi connectivity index (χ4n) is 1.62. The lowest BCUT2D eigenvalue weighted by atomic mass is 10.2. The highest BCUT2D eigenvalue weighted by molar-refractivity contribution is 9.11. The van der Waals surface area contributed by atoms with Crippen molar-refractivity contribution in [2.45, 2.75) is 0 Å². The van der Waals surface area contributed by atoms with E-state index in [1.807, 2.05) is 6.07 Å². The van der Waals surface area contributed by atoms with Crippen LogP contribution in [0.3, 0.4) is 0 Å². The number of rotatable bonds is 1. The molecule has 0 amide bonds. The van der Waals surface area contributed by atoms with Crippen LogP contribution in [0.15, 0.2) is 27.4 Å². The van der Waals surface area contributed by atoms with Crippen LogP contribution in [0.2, 0.25) is 5.02 Å². The Bertz CT molecular complexity index is 616. The molecule has 0 N–H and O–H groups in total. The maximum Gasteiger partial charge on any atom is 0.231 e. The number of nitrogens with zero attached hydrogens (tertiary/aromatic N) is 2. The molecule has 92 valence electrons. The molecule has 0 saturated carbocycles. The molecule has 3 rings (SSSR count). The molecule has 1 aromatic heterocycles. The van der Waals surface area contributed by atoms with Crippen LogP contribution in [0.1, 0.15) is 0 Å². The largest absolute Gasteiger partial charge is 0.454 e. The van der Waals surface area contributed by atoms with Crippen LogP contribution in [-0.4, -0.2) is 16.8 Å². The van der Waals surface area contributed by atoms with E-state index in [1.54, 1.807) is 12.1 Å². The number of hydrogen-bond acceptors (Lipinski definition) is 4. The summed E-state index contributed by atoms with van der Waals surface area (Å²) in [5, 5.41) is 0.486. The Balaban J connectivity index is 2.15. The van der Waals surface area contributed by atoms with Crippen molar-refractivity contribution in [1.29, 1.82) is 0 Å². The highest BCUT2D eigenvalue weighted by Gasteiger charge is 2.19. The summed E-state index contributed by atoms with van der Waals surface area (Å²) < 4.78 is 11.9. The number of aromatic nitrogens is 2. The maximum absolute atomic E-state index is 6.12. The molecule has 0 saturated heterocycles. The van der Waals surface area contributed by atoms with Gasteiger partial charge in [-0.25, -0.2) is 9.97 Å². The molecule has 0 bridgehead atoms. The lowest BCUT2D eigenvalue weighted by Gasteiger charge is -2.05. The summed E-state index contributed by atoms with van der Waals surface area (Å²) in [5.41, 5.74) is 0.770. The first-order valence-corrected chi connectivity index (χ1v) is 6.89. The Morgan fingerprint density at radius 2 is 1.78 bits per heavy atom. The van der Waals surface area contributed by atoms with E-state index in [1.165, 1.54) is 0 Å². The molecule has 18 heavy (non-hydrogen) atoms. The second kappa shape index (κ2) is 4.68. The van der Waals surface area contributed by atoms with Crippen LogP contribution in [0.5, 0.6) is 11.5 Å². The standard InChI is InChI=1S/C11H5Br2ClN2O2/c12-8-3-9(13)16-11(15-8)5-1-6(14)10-7(2-5)17-4-18-10/h1-3H,4H2. The van der Waals surface area contributed by atoms with Crippen molar-refractivity contribution in [1.82, 2.24) is 9.97 Å². The van der Waals surface area contributed by atoms with E-state index in [0.717, 1.165) is 5.56 Å². The molecule has 0 spiro atoms. The predicted octanol–water partition coefficient (Wildman–Crippen LogP) is 4.05. The van der Waals surface area contributed by atoms with Crippen LogP contribution in [-0.2, 0) is 0 Å². The number of benzene rings is 1. The summed E-state index contributed by atoms with van der Waals surface area (Å²) in [6, 6.07) is 5.32. The normalized spacial score (nSPS) is 12.8. The van der Waals surface area contributed by atoms with Gasteiger partial charge in [0.05, 0.1) is 5.02 Å². The molecular formula is C11H5Br2ClN2O2. The van der Waals surface area contributed by atoms with E-state index in [9.17, 15) is 0 Å². The average Bonchev–Trinajstić information content (AvgIpc) is 2.76. The van der Waals surface area contributed by atoms with Crippen molar-refractivity contribution in [3.05, 3.63) is 32.4 Å². The topological polar surface area (TPSA) is 44.2 Å². The molecule has 0 radical (unpaired) electrons. The van der Waals surface area contributed by atoms with Gasteiger partial charge in [-0.3, -0.25) is 0 Å². The predicted molar refractivity (Wildman–Crippen MR) is 74.0 cm³/mol. The van der Waals surface area contributed by atoms with Crippen molar-refractivity contribution >= 4 is 43.5 Å². The Hall–Kier alpha value is -0.850. The van der Waals surface area contributed by atoms with E-state index in [2.05, 4.69) is 41.8 Å². The zero-order chi connectivity index (χ0) is 12.7. The SMILES string of the molecule is Clc1cc(-c2nc(Br)cc(Br)n2)cc2c1OCO2. The smallest absolute Gasteiger partial charge is 0.231 e. The van der Waals surface area contributed by atoms with Gasteiger partial charge in [-0.2, -0.15) is 0 Å². The fraction of sp³-hybridized carbons (Fsp3) is 0.0909. The van der Waals surface area contributed by atoms with E-state index in [-0.39, 0.29) is 6.79 Å². The number of halogens is 3. The molecule has 0 aliphatic carbocycles. The van der Waals surface area contributed by atoms with Crippen molar-refractivity contribution in [3.63, 3.8) is 0 Å². The Kier molecular flexibility index (Phi) is 3.17. The second-order valence-corrected chi connectivity index (χ2v) is 5.56. The highest BCUT2D eigenvalue weighted by Crippen LogP contribution is 2.41. The second-order valence-electron chi connectivity index (χ2n) is 3.53. The maximum atomic E-state index is 6.12. The first-order chi connectivity index (χ1) is 8.63. The molecule has 2 aromatic rings. The summed E-state index contributed by atoms with van der Waals surface area (Å²) in [5.74, 6) is 1.73. The van der Waals surface area contributed by atoms with Crippen LogP contribution >= 0.6 is 43.5 Å². The lowest BCUT2D eigenvalue weighted by Crippen LogP contribution is -1.93. The minimum absolute atomic E-state index is 0.182. The Morgan fingerprint density at radius 1 is 1.06 bits per heavy atom. The van der Waals surface area contributed by atoms with Crippen LogP contribution in [0.4, 0.5) is 0 Å². The Morgan fingerprint density at radius 3 is 2.50 bits per heavy atom. The third-order valence-corrected chi connectivity index (χ3v) is 3.44. The van der Waals surface area contributed by atoms with Crippen molar-refractivity contribution in [3.8, 4) is 22.9 Å². The zero-order valence-electron chi connectivity index (χ0n) is 8.78. The minimum atomic E-state index is 0.182. The molecule has 0 fully saturated rings. The monoisotopic (exact) mass is 390 g/mol. The molecule has 0 unspecified atom stereocenters. The Labute approximate surface area is 125 Å². The van der Waals surface area contributed by atoms with Crippen molar-refractivity contribution < 1.29 is 9.47 Å². The number of hydrogen-bond donors (Lipinski definition) is 0. The van der Waals surface area contributed by atoms with Crippen LogP contribution in [0, 0.1) is 0 Å². The average molecular weight is 392 g/mol. The minimum Gasteiger partial charge on any atom is -0.454 e. The molecule has 1 aromatic carbocycles. The van der Waals surface area contributed by atoms with Gasteiger partial charge in [-0.1, -0.05) is 11.6 Å². The summed E-state index contributed by atoms with van der Waals surface area (Å²) in [6.45, 7) is 0.182. The van der Waals surface area contributed by atoms with Crippen molar-refractivity contribution in [2.24, 2.45) is 0 Å². The third kappa shape index (κ3) is 2.20. The third-order valence-electron chi connectivity index (χ3n) is 2.35. The molecule has 2 heterocycles. The summed E-state index contributed by atoms with van der Waals surface area (Å²) in [4.78, 5) is 8.58. The quantitative estimate of drug-likeness (QED) is 0.687. The highest BCUT2D eigenvalue weighted by atomic mass is 79.9. The van der Waals surface area contributed by atoms with E-state index in [4.69, 9.17) is 21.1 Å². The summed E-state index contributed by atoms with van der Waals surface area (Å²) >= 11 is 12.8. The molecule has 0 atom stereocenters. The molecule has 1 aliphatic heterocycles. The van der Waals surface area contributed by atoms with Gasteiger partial charge in [-0.15, -0.1) is 0 Å². The molecule has 1 aliphatic rings. The van der Waals surface area contributed by atoms with Gasteiger partial charge < -0.3 is 9.47 Å². The summed E-state index contributed by atoms with van der Waals surface area (Å²) in [6.07, 6.45) is 0. The lowest BCUT2D eigenvalue weighted by molar-refractivity contribution is 0.174. The van der Waals surface area contributed by atoms with Gasteiger partial charge in [-0.05, 0) is 44.0 Å². The van der Waals surface area contributed by atoms with Gasteiger partial charge in [0.2, 0.25) is 6.79 Å². The van der Waals surface area contributed by atoms with Gasteiger partial charge in [0.25, 0.3) is 0 Å². The number of ether oxygens (including phenoxy) is 2. The van der Waals surface area contributed by atoms with Crippen LogP contribution in [0.25, 0.3) is 11.4 Å². The molecular weight excluding hydrogens is 387 g/mol. The molecule has 4 nitrogen and oxygen atoms in total. The van der Waals surface area contributed by atoms with E-state index in [0.29, 0.717) is 31.6 Å². The molecule has 7 heteroatoms. The van der Waals surface area contributed by atoms with Gasteiger partial charge in [0.15, 0.2) is 17.3 Å². The first-order valence-electron chi connectivity index (χ1n) is 4.93. The zero-order valence-corrected chi connectivity index (χ0v) is 12.7. The van der Waals surface area contributed by atoms with Crippen molar-refractivity contribution in [2.75, 3.05) is 6.79 Å². The van der Waals surface area contributed by atoms with Gasteiger partial charge in [0, 0.05) is 11.6 Å². The fourth-order valence-corrected chi connectivity index (χ4v) is 2.96. The van der Waals surface area contributed by atoms with E-state index >= 15 is 0 Å². The summed E-state index contributed by atoms with van der Waals surface area (Å²) in [7, 11) is 0. The first kappa shape index (κ1) is 12.2. The number of fused-ring (bicyclic) bond motifs is 1.